The fourth-order valence-electron chi connectivity index (χ4n) is 4.45. The molecule has 1 aliphatic heterocycles. The average Bonchev–Trinajstić information content (AvgIpc) is 3.23. The number of hydrogen-bond donors (Lipinski definition) is 1. The molecule has 4 rings (SSSR count). The van der Waals surface area contributed by atoms with E-state index in [4.69, 9.17) is 9.16 Å². The Bertz CT molecular complexity index is 1030. The number of fused-ring (bicyclic) bond motifs is 1. The third-order valence-electron chi connectivity index (χ3n) is 5.91. The highest BCUT2D eigenvalue weighted by Crippen LogP contribution is 2.44. The Morgan fingerprint density at radius 3 is 2.55 bits per heavy atom. The van der Waals surface area contributed by atoms with E-state index in [1.54, 1.807) is 13.0 Å². The van der Waals surface area contributed by atoms with Gasteiger partial charge in [-0.05, 0) is 35.9 Å². The minimum Gasteiger partial charge on any atom is -0.461 e. The number of nitrogens with one attached hydrogen (secondary N) is 1. The first-order valence-corrected chi connectivity index (χ1v) is 11.9. The quantitative estimate of drug-likeness (QED) is 0.504. The Morgan fingerprint density at radius 1 is 1.14 bits per heavy atom. The minimum absolute atomic E-state index is 0.0802. The molecule has 1 aliphatic rings. The molecule has 2 aromatic carbocycles. The first-order chi connectivity index (χ1) is 13.9. The van der Waals surface area contributed by atoms with Crippen molar-refractivity contribution in [1.29, 1.82) is 0 Å². The van der Waals surface area contributed by atoms with Crippen LogP contribution in [0.3, 0.4) is 0 Å². The Morgan fingerprint density at radius 2 is 1.83 bits per heavy atom. The van der Waals surface area contributed by atoms with Crippen LogP contribution in [0.15, 0.2) is 60.7 Å². The molecule has 29 heavy (non-hydrogen) atoms. The molecule has 150 valence electrons. The number of ether oxygens (including phenoxy) is 1. The number of aromatic amines is 1. The van der Waals surface area contributed by atoms with Crippen LogP contribution in [-0.2, 0) is 14.2 Å². The molecule has 0 aliphatic carbocycles. The van der Waals surface area contributed by atoms with Gasteiger partial charge >= 0.3 is 5.97 Å². The number of esters is 1. The lowest BCUT2D eigenvalue weighted by atomic mass is 10.0. The molecule has 0 fully saturated rings. The van der Waals surface area contributed by atoms with Crippen molar-refractivity contribution in [3.05, 3.63) is 77.6 Å². The number of benzene rings is 2. The van der Waals surface area contributed by atoms with Crippen LogP contribution in [0.1, 0.15) is 55.5 Å². The van der Waals surface area contributed by atoms with Crippen molar-refractivity contribution < 1.29 is 14.0 Å². The van der Waals surface area contributed by atoms with E-state index in [0.717, 1.165) is 5.69 Å². The molecule has 0 amide bonds. The zero-order chi connectivity index (χ0) is 20.6. The van der Waals surface area contributed by atoms with Gasteiger partial charge in [0.2, 0.25) is 0 Å². The maximum absolute atomic E-state index is 12.0. The van der Waals surface area contributed by atoms with E-state index in [9.17, 15) is 4.79 Å². The van der Waals surface area contributed by atoms with Gasteiger partial charge < -0.3 is 9.16 Å². The van der Waals surface area contributed by atoms with Crippen LogP contribution in [0.2, 0.25) is 0 Å². The summed E-state index contributed by atoms with van der Waals surface area (Å²) >= 11 is 0. The van der Waals surface area contributed by atoms with Crippen molar-refractivity contribution in [2.45, 2.75) is 38.8 Å². The lowest BCUT2D eigenvalue weighted by Gasteiger charge is -2.55. The Kier molecular flexibility index (Phi) is 4.92. The molecule has 0 saturated heterocycles. The van der Waals surface area contributed by atoms with Gasteiger partial charge in [-0.3, -0.25) is 5.10 Å². The average molecular weight is 407 g/mol. The summed E-state index contributed by atoms with van der Waals surface area (Å²) in [5.41, 5.74) is 2.40. The molecule has 0 saturated carbocycles. The number of nitrogens with zero attached hydrogens (tertiary/aromatic N) is 1. The maximum Gasteiger partial charge on any atom is 0.358 e. The third-order valence-corrected chi connectivity index (χ3v) is 11.0. The van der Waals surface area contributed by atoms with Crippen molar-refractivity contribution in [2.24, 2.45) is 0 Å². The third kappa shape index (κ3) is 2.94. The van der Waals surface area contributed by atoms with E-state index < -0.39 is 14.3 Å². The molecule has 0 spiro atoms. The fraction of sp³-hybridized carbons (Fsp3) is 0.304. The molecule has 2 atom stereocenters. The van der Waals surface area contributed by atoms with Crippen LogP contribution >= 0.6 is 0 Å². The number of rotatable bonds is 6. The highest BCUT2D eigenvalue weighted by molar-refractivity contribution is 7.03. The summed E-state index contributed by atoms with van der Waals surface area (Å²) in [6.07, 6.45) is -0.245. The molecule has 6 heteroatoms. The van der Waals surface area contributed by atoms with Crippen molar-refractivity contribution in [3.8, 4) is 0 Å². The van der Waals surface area contributed by atoms with Gasteiger partial charge in [-0.2, -0.15) is 5.10 Å². The number of carbonyl (C=O) groups excluding carboxylic acids is 1. The molecular formula is C23H26N2O3Si. The lowest BCUT2D eigenvalue weighted by molar-refractivity contribution is 0.0519. The van der Waals surface area contributed by atoms with E-state index in [1.165, 1.54) is 15.9 Å². The number of hydrogen-bond acceptors (Lipinski definition) is 4. The van der Waals surface area contributed by atoms with Gasteiger partial charge in [0, 0.05) is 5.04 Å². The molecule has 3 aromatic rings. The van der Waals surface area contributed by atoms with Gasteiger partial charge in [-0.15, -0.1) is 0 Å². The SMILES string of the molecule is CCOC(=O)c1cc([C@H](C)O[Si]2(c3ccccc3)c3ccccc3C2(C)C)[nH]n1. The monoisotopic (exact) mass is 406 g/mol. The van der Waals surface area contributed by atoms with Crippen LogP contribution in [0.4, 0.5) is 0 Å². The second kappa shape index (κ2) is 7.28. The molecule has 2 heterocycles. The van der Waals surface area contributed by atoms with E-state index >= 15 is 0 Å². The van der Waals surface area contributed by atoms with Crippen LogP contribution in [-0.4, -0.2) is 31.1 Å². The second-order valence-corrected chi connectivity index (χ2v) is 11.9. The van der Waals surface area contributed by atoms with E-state index in [1.807, 2.05) is 13.0 Å². The van der Waals surface area contributed by atoms with Gasteiger partial charge in [0.1, 0.15) is 0 Å². The fourth-order valence-corrected chi connectivity index (χ4v) is 9.55. The van der Waals surface area contributed by atoms with Gasteiger partial charge in [-0.1, -0.05) is 68.4 Å². The van der Waals surface area contributed by atoms with Crippen molar-refractivity contribution in [1.82, 2.24) is 10.2 Å². The first-order valence-electron chi connectivity index (χ1n) is 9.97. The molecule has 1 N–H and O–H groups in total. The predicted octanol–water partition coefficient (Wildman–Crippen LogP) is 3.25. The van der Waals surface area contributed by atoms with Gasteiger partial charge in [0.05, 0.1) is 18.4 Å². The molecule has 0 bridgehead atoms. The van der Waals surface area contributed by atoms with Crippen molar-refractivity contribution in [2.75, 3.05) is 6.61 Å². The molecule has 5 nitrogen and oxygen atoms in total. The number of aromatic nitrogens is 2. The zero-order valence-corrected chi connectivity index (χ0v) is 18.2. The minimum atomic E-state index is -2.51. The predicted molar refractivity (Wildman–Crippen MR) is 115 cm³/mol. The molecule has 1 unspecified atom stereocenters. The summed E-state index contributed by atoms with van der Waals surface area (Å²) in [6, 6.07) is 20.8. The van der Waals surface area contributed by atoms with Gasteiger partial charge in [-0.25, -0.2) is 4.79 Å². The van der Waals surface area contributed by atoms with E-state index in [2.05, 4.69) is 72.6 Å². The summed E-state index contributed by atoms with van der Waals surface area (Å²) in [7, 11) is -2.51. The van der Waals surface area contributed by atoms with E-state index in [0.29, 0.717) is 6.61 Å². The van der Waals surface area contributed by atoms with Crippen LogP contribution < -0.4 is 10.4 Å². The van der Waals surface area contributed by atoms with E-state index in [-0.39, 0.29) is 16.8 Å². The van der Waals surface area contributed by atoms with Gasteiger partial charge in [0.15, 0.2) is 5.69 Å². The highest BCUT2D eigenvalue weighted by atomic mass is 28.4. The molecule has 0 radical (unpaired) electrons. The van der Waals surface area contributed by atoms with Crippen molar-refractivity contribution in [3.63, 3.8) is 0 Å². The zero-order valence-electron chi connectivity index (χ0n) is 17.2. The summed E-state index contributed by atoms with van der Waals surface area (Å²) in [4.78, 5) is 12.0. The van der Waals surface area contributed by atoms with Gasteiger partial charge in [0.25, 0.3) is 8.32 Å². The highest BCUT2D eigenvalue weighted by Gasteiger charge is 2.63. The standard InChI is InChI=1S/C23H26N2O3Si/c1-5-27-22(26)20-15-19(24-25-20)16(2)28-29(17-11-7-6-8-12-17)21-14-10-9-13-18(21)23(29,3)4/h6-16H,5H2,1-4H3,(H,24,25)/t16-,29?/m0/s1. The summed E-state index contributed by atoms with van der Waals surface area (Å²) < 4.78 is 12.0. The smallest absolute Gasteiger partial charge is 0.358 e. The maximum atomic E-state index is 12.0. The summed E-state index contributed by atoms with van der Waals surface area (Å²) in [5, 5.41) is 9.57. The largest absolute Gasteiger partial charge is 0.461 e. The van der Waals surface area contributed by atoms with Crippen LogP contribution in [0.5, 0.6) is 0 Å². The summed E-state index contributed by atoms with van der Waals surface area (Å²) in [5.74, 6) is -0.425. The van der Waals surface area contributed by atoms with Crippen LogP contribution in [0, 0.1) is 0 Å². The number of H-pyrrole nitrogens is 1. The van der Waals surface area contributed by atoms with Crippen LogP contribution in [0.25, 0.3) is 0 Å². The molecular weight excluding hydrogens is 380 g/mol. The lowest BCUT2D eigenvalue weighted by Crippen LogP contribution is -2.80. The summed E-state index contributed by atoms with van der Waals surface area (Å²) in [6.45, 7) is 8.67. The Hall–Kier alpha value is -2.70. The number of carbonyl (C=O) groups is 1. The van der Waals surface area contributed by atoms with Crippen molar-refractivity contribution >= 4 is 24.7 Å². The Balaban J connectivity index is 1.73. The first kappa shape index (κ1) is 19.6. The second-order valence-electron chi connectivity index (χ2n) is 7.91. The Labute approximate surface area is 172 Å². The topological polar surface area (TPSA) is 64.2 Å². The normalized spacial score (nSPS) is 20.4. The molecule has 1 aromatic heterocycles.